The number of aromatic nitrogens is 1. The molecule has 0 aliphatic rings. The molecule has 0 aliphatic heterocycles. The monoisotopic (exact) mass is 407 g/mol. The Morgan fingerprint density at radius 1 is 1.08 bits per heavy atom. The van der Waals surface area contributed by atoms with Crippen LogP contribution in [0.25, 0.3) is 11.5 Å². The standard InChI is InChI=1S/C19H15Cl2NO3S/c1-2-24-17(23)11-16-19(26-15-9-7-14(21)8-10-15)25-18(22-16)12-3-5-13(20)6-4-12/h3-10H,2,11H2,1H3. The van der Waals surface area contributed by atoms with Crippen LogP contribution in [0, 0.1) is 0 Å². The number of hydrogen-bond donors (Lipinski definition) is 0. The highest BCUT2D eigenvalue weighted by Crippen LogP contribution is 2.35. The van der Waals surface area contributed by atoms with Crippen molar-refractivity contribution in [2.75, 3.05) is 6.61 Å². The molecule has 3 aromatic rings. The van der Waals surface area contributed by atoms with E-state index >= 15 is 0 Å². The molecule has 7 heteroatoms. The predicted molar refractivity (Wildman–Crippen MR) is 103 cm³/mol. The summed E-state index contributed by atoms with van der Waals surface area (Å²) in [7, 11) is 0. The van der Waals surface area contributed by atoms with Gasteiger partial charge in [0, 0.05) is 20.5 Å². The average Bonchev–Trinajstić information content (AvgIpc) is 3.00. The molecule has 134 valence electrons. The number of hydrogen-bond acceptors (Lipinski definition) is 5. The zero-order chi connectivity index (χ0) is 18.5. The highest BCUT2D eigenvalue weighted by atomic mass is 35.5. The molecule has 0 atom stereocenters. The highest BCUT2D eigenvalue weighted by molar-refractivity contribution is 7.99. The minimum absolute atomic E-state index is 0.0425. The second kappa shape index (κ2) is 8.62. The van der Waals surface area contributed by atoms with Crippen LogP contribution in [0.1, 0.15) is 12.6 Å². The van der Waals surface area contributed by atoms with Crippen molar-refractivity contribution in [2.45, 2.75) is 23.3 Å². The summed E-state index contributed by atoms with van der Waals surface area (Å²) in [5, 5.41) is 1.83. The Balaban J connectivity index is 1.92. The lowest BCUT2D eigenvalue weighted by Crippen LogP contribution is -2.08. The fraction of sp³-hybridized carbons (Fsp3) is 0.158. The Morgan fingerprint density at radius 2 is 1.69 bits per heavy atom. The van der Waals surface area contributed by atoms with Crippen molar-refractivity contribution < 1.29 is 13.9 Å². The molecule has 0 saturated carbocycles. The third kappa shape index (κ3) is 4.81. The molecular weight excluding hydrogens is 393 g/mol. The number of benzene rings is 2. The van der Waals surface area contributed by atoms with Crippen LogP contribution in [0.4, 0.5) is 0 Å². The lowest BCUT2D eigenvalue weighted by atomic mass is 10.2. The quantitative estimate of drug-likeness (QED) is 0.475. The lowest BCUT2D eigenvalue weighted by Gasteiger charge is -2.02. The van der Waals surface area contributed by atoms with Gasteiger partial charge in [0.1, 0.15) is 5.69 Å². The summed E-state index contributed by atoms with van der Waals surface area (Å²) in [6.45, 7) is 2.09. The third-order valence-corrected chi connectivity index (χ3v) is 4.91. The molecule has 4 nitrogen and oxygen atoms in total. The molecule has 2 aromatic carbocycles. The number of ether oxygens (including phenoxy) is 1. The summed E-state index contributed by atoms with van der Waals surface area (Å²) in [6, 6.07) is 14.5. The number of oxazole rings is 1. The van der Waals surface area contributed by atoms with Crippen LogP contribution in [0.5, 0.6) is 0 Å². The second-order valence-electron chi connectivity index (χ2n) is 5.30. The minimum Gasteiger partial charge on any atom is -0.466 e. The van der Waals surface area contributed by atoms with E-state index in [0.717, 1.165) is 10.5 Å². The molecule has 3 rings (SSSR count). The fourth-order valence-corrected chi connectivity index (χ4v) is 3.30. The van der Waals surface area contributed by atoms with E-state index in [1.54, 1.807) is 31.2 Å². The van der Waals surface area contributed by atoms with Crippen LogP contribution in [0.2, 0.25) is 10.0 Å². The van der Waals surface area contributed by atoms with Crippen molar-refractivity contribution in [3.8, 4) is 11.5 Å². The van der Waals surface area contributed by atoms with Gasteiger partial charge >= 0.3 is 5.97 Å². The largest absolute Gasteiger partial charge is 0.466 e. The molecule has 26 heavy (non-hydrogen) atoms. The SMILES string of the molecule is CCOC(=O)Cc1nc(-c2ccc(Cl)cc2)oc1Sc1ccc(Cl)cc1. The van der Waals surface area contributed by atoms with Crippen molar-refractivity contribution >= 4 is 40.9 Å². The van der Waals surface area contributed by atoms with Gasteiger partial charge in [-0.2, -0.15) is 0 Å². The number of rotatable bonds is 6. The molecule has 1 aromatic heterocycles. The van der Waals surface area contributed by atoms with Gasteiger partial charge in [-0.05, 0) is 55.5 Å². The van der Waals surface area contributed by atoms with Crippen LogP contribution < -0.4 is 0 Å². The summed E-state index contributed by atoms with van der Waals surface area (Å²) < 4.78 is 11.0. The van der Waals surface area contributed by atoms with E-state index in [4.69, 9.17) is 32.4 Å². The molecule has 0 unspecified atom stereocenters. The van der Waals surface area contributed by atoms with Crippen molar-refractivity contribution in [2.24, 2.45) is 0 Å². The first-order chi connectivity index (χ1) is 12.5. The molecule has 0 saturated heterocycles. The molecule has 0 N–H and O–H groups in total. The van der Waals surface area contributed by atoms with E-state index in [0.29, 0.717) is 33.3 Å². The molecule has 0 bridgehead atoms. The van der Waals surface area contributed by atoms with Crippen molar-refractivity contribution in [1.82, 2.24) is 4.98 Å². The van der Waals surface area contributed by atoms with Gasteiger partial charge in [-0.3, -0.25) is 4.79 Å². The lowest BCUT2D eigenvalue weighted by molar-refractivity contribution is -0.142. The Morgan fingerprint density at radius 3 is 2.31 bits per heavy atom. The van der Waals surface area contributed by atoms with Crippen LogP contribution in [-0.4, -0.2) is 17.6 Å². The highest BCUT2D eigenvalue weighted by Gasteiger charge is 2.19. The third-order valence-electron chi connectivity index (χ3n) is 3.39. The van der Waals surface area contributed by atoms with Gasteiger partial charge < -0.3 is 9.15 Å². The predicted octanol–water partition coefficient (Wildman–Crippen LogP) is 5.91. The summed E-state index contributed by atoms with van der Waals surface area (Å²) in [5.41, 5.74) is 1.32. The molecule has 0 aliphatic carbocycles. The first-order valence-electron chi connectivity index (χ1n) is 7.90. The van der Waals surface area contributed by atoms with Gasteiger partial charge in [-0.15, -0.1) is 0 Å². The maximum absolute atomic E-state index is 11.9. The fourth-order valence-electron chi connectivity index (χ4n) is 2.20. The smallest absolute Gasteiger partial charge is 0.312 e. The maximum atomic E-state index is 11.9. The molecule has 0 amide bonds. The molecule has 0 fully saturated rings. The number of carbonyl (C=O) groups is 1. The second-order valence-corrected chi connectivity index (χ2v) is 7.22. The van der Waals surface area contributed by atoms with E-state index in [9.17, 15) is 4.79 Å². The Hall–Kier alpha value is -1.95. The Labute approximate surface area is 165 Å². The van der Waals surface area contributed by atoms with Crippen LogP contribution in [0.3, 0.4) is 0 Å². The van der Waals surface area contributed by atoms with Crippen LogP contribution in [-0.2, 0) is 16.0 Å². The first-order valence-corrected chi connectivity index (χ1v) is 9.47. The number of halogens is 2. The van der Waals surface area contributed by atoms with Crippen molar-refractivity contribution in [3.05, 3.63) is 64.3 Å². The number of nitrogens with zero attached hydrogens (tertiary/aromatic N) is 1. The molecule has 1 heterocycles. The normalized spacial score (nSPS) is 10.7. The topological polar surface area (TPSA) is 52.3 Å². The summed E-state index contributed by atoms with van der Waals surface area (Å²) in [6.07, 6.45) is 0.0425. The number of esters is 1. The van der Waals surface area contributed by atoms with Gasteiger partial charge in [0.2, 0.25) is 5.89 Å². The molecule has 0 radical (unpaired) electrons. The zero-order valence-electron chi connectivity index (χ0n) is 13.9. The van der Waals surface area contributed by atoms with Crippen LogP contribution >= 0.6 is 35.0 Å². The van der Waals surface area contributed by atoms with E-state index in [1.165, 1.54) is 11.8 Å². The van der Waals surface area contributed by atoms with Crippen molar-refractivity contribution in [1.29, 1.82) is 0 Å². The van der Waals surface area contributed by atoms with Gasteiger partial charge in [0.25, 0.3) is 0 Å². The number of carbonyl (C=O) groups excluding carboxylic acids is 1. The van der Waals surface area contributed by atoms with E-state index in [1.807, 2.05) is 24.3 Å². The zero-order valence-corrected chi connectivity index (χ0v) is 16.2. The van der Waals surface area contributed by atoms with E-state index in [2.05, 4.69) is 4.98 Å². The van der Waals surface area contributed by atoms with Gasteiger partial charge in [0.15, 0.2) is 5.09 Å². The summed E-state index contributed by atoms with van der Waals surface area (Å²) in [5.74, 6) is 0.0823. The summed E-state index contributed by atoms with van der Waals surface area (Å²) >= 11 is 13.2. The van der Waals surface area contributed by atoms with Gasteiger partial charge in [-0.1, -0.05) is 35.0 Å². The molecule has 0 spiro atoms. The first kappa shape index (κ1) is 18.8. The minimum atomic E-state index is -0.346. The van der Waals surface area contributed by atoms with E-state index in [-0.39, 0.29) is 12.4 Å². The van der Waals surface area contributed by atoms with E-state index < -0.39 is 0 Å². The van der Waals surface area contributed by atoms with Crippen LogP contribution in [0.15, 0.2) is 62.9 Å². The van der Waals surface area contributed by atoms with Crippen molar-refractivity contribution in [3.63, 3.8) is 0 Å². The molecular formula is C19H15Cl2NO3S. The Kier molecular flexibility index (Phi) is 6.25. The summed E-state index contributed by atoms with van der Waals surface area (Å²) in [4.78, 5) is 17.3. The maximum Gasteiger partial charge on any atom is 0.312 e. The average molecular weight is 408 g/mol. The van der Waals surface area contributed by atoms with Gasteiger partial charge in [-0.25, -0.2) is 4.98 Å². The van der Waals surface area contributed by atoms with Gasteiger partial charge in [0.05, 0.1) is 13.0 Å². The Bertz CT molecular complexity index is 892.